The Morgan fingerprint density at radius 1 is 1.37 bits per heavy atom. The van der Waals surface area contributed by atoms with E-state index in [1.54, 1.807) is 7.11 Å². The quantitative estimate of drug-likeness (QED) is 0.884. The fraction of sp³-hybridized carbons (Fsp3) is 0.636. The Kier molecular flexibility index (Phi) is 3.79. The van der Waals surface area contributed by atoms with E-state index in [0.29, 0.717) is 0 Å². The van der Waals surface area contributed by atoms with Gasteiger partial charge in [-0.1, -0.05) is 0 Å². The number of nitrogens with zero attached hydrogens (tertiary/aromatic N) is 2. The number of nitrogens with two attached hydrogens (primary N) is 1. The molecule has 5 nitrogen and oxygen atoms in total. The molecule has 0 aromatic carbocycles. The Bertz CT molecular complexity index is 452. The van der Waals surface area contributed by atoms with Gasteiger partial charge in [0.2, 0.25) is 5.82 Å². The minimum atomic E-state index is -4.60. The summed E-state index contributed by atoms with van der Waals surface area (Å²) in [6.07, 6.45) is -2.03. The van der Waals surface area contributed by atoms with Crippen LogP contribution in [0.1, 0.15) is 25.1 Å². The Balaban J connectivity index is 2.11. The van der Waals surface area contributed by atoms with Crippen molar-refractivity contribution in [1.82, 2.24) is 9.97 Å². The first-order chi connectivity index (χ1) is 8.88. The van der Waals surface area contributed by atoms with Crippen molar-refractivity contribution >= 4 is 11.6 Å². The number of ether oxygens (including phenoxy) is 1. The molecule has 1 aromatic heterocycles. The fourth-order valence-corrected chi connectivity index (χ4v) is 2.16. The van der Waals surface area contributed by atoms with E-state index in [4.69, 9.17) is 10.5 Å². The molecule has 1 heterocycles. The maximum absolute atomic E-state index is 12.5. The van der Waals surface area contributed by atoms with Crippen LogP contribution in [0.25, 0.3) is 0 Å². The molecule has 1 aromatic rings. The van der Waals surface area contributed by atoms with Gasteiger partial charge in [0.25, 0.3) is 0 Å². The first-order valence-corrected chi connectivity index (χ1v) is 5.89. The van der Waals surface area contributed by atoms with Gasteiger partial charge in [-0.3, -0.25) is 0 Å². The monoisotopic (exact) mass is 276 g/mol. The molecule has 0 spiro atoms. The molecule has 1 fully saturated rings. The average Bonchev–Trinajstić information content (AvgIpc) is 2.75. The lowest BCUT2D eigenvalue weighted by molar-refractivity contribution is -0.144. The molecule has 2 rings (SSSR count). The largest absolute Gasteiger partial charge is 0.451 e. The molecule has 1 aliphatic rings. The Morgan fingerprint density at radius 3 is 2.68 bits per heavy atom. The third-order valence-corrected chi connectivity index (χ3v) is 3.07. The predicted octanol–water partition coefficient (Wildman–Crippen LogP) is 2.06. The molecule has 106 valence electrons. The molecule has 1 aliphatic carbocycles. The highest BCUT2D eigenvalue weighted by molar-refractivity contribution is 5.45. The van der Waals surface area contributed by atoms with E-state index in [1.165, 1.54) is 6.07 Å². The zero-order chi connectivity index (χ0) is 14.0. The number of hydrogen-bond donors (Lipinski definition) is 2. The van der Waals surface area contributed by atoms with Crippen LogP contribution in [0.4, 0.5) is 24.8 Å². The third kappa shape index (κ3) is 3.46. The van der Waals surface area contributed by atoms with Gasteiger partial charge < -0.3 is 15.8 Å². The van der Waals surface area contributed by atoms with Crippen molar-refractivity contribution in [2.75, 3.05) is 18.2 Å². The van der Waals surface area contributed by atoms with Crippen LogP contribution in [-0.4, -0.2) is 29.2 Å². The summed E-state index contributed by atoms with van der Waals surface area (Å²) in [5.41, 5.74) is 5.37. The number of nitrogens with one attached hydrogen (secondary N) is 1. The minimum absolute atomic E-state index is 0.0420. The predicted molar refractivity (Wildman–Crippen MR) is 63.5 cm³/mol. The van der Waals surface area contributed by atoms with Gasteiger partial charge in [0, 0.05) is 19.2 Å². The molecule has 0 amide bonds. The molecular formula is C11H15F3N4O. The molecule has 2 atom stereocenters. The summed E-state index contributed by atoms with van der Waals surface area (Å²) in [5, 5.41) is 2.95. The van der Waals surface area contributed by atoms with Crippen molar-refractivity contribution < 1.29 is 17.9 Å². The molecular weight excluding hydrogens is 261 g/mol. The average molecular weight is 276 g/mol. The first-order valence-electron chi connectivity index (χ1n) is 5.89. The molecule has 0 saturated heterocycles. The second-order valence-corrected chi connectivity index (χ2v) is 4.51. The van der Waals surface area contributed by atoms with E-state index < -0.39 is 12.0 Å². The lowest BCUT2D eigenvalue weighted by Gasteiger charge is -2.15. The van der Waals surface area contributed by atoms with Crippen molar-refractivity contribution in [2.24, 2.45) is 0 Å². The van der Waals surface area contributed by atoms with Gasteiger partial charge in [0.1, 0.15) is 11.6 Å². The van der Waals surface area contributed by atoms with Crippen molar-refractivity contribution in [3.63, 3.8) is 0 Å². The third-order valence-electron chi connectivity index (χ3n) is 3.07. The van der Waals surface area contributed by atoms with E-state index in [2.05, 4.69) is 15.3 Å². The van der Waals surface area contributed by atoms with Gasteiger partial charge >= 0.3 is 6.18 Å². The van der Waals surface area contributed by atoms with Crippen molar-refractivity contribution in [3.8, 4) is 0 Å². The minimum Gasteiger partial charge on any atom is -0.384 e. The van der Waals surface area contributed by atoms with Crippen molar-refractivity contribution in [2.45, 2.75) is 37.6 Å². The number of methoxy groups -OCH3 is 1. The zero-order valence-electron chi connectivity index (χ0n) is 10.4. The highest BCUT2D eigenvalue weighted by atomic mass is 19.4. The van der Waals surface area contributed by atoms with Crippen molar-refractivity contribution in [3.05, 3.63) is 11.9 Å². The summed E-state index contributed by atoms with van der Waals surface area (Å²) < 4.78 is 42.9. The van der Waals surface area contributed by atoms with Crippen LogP contribution in [0.5, 0.6) is 0 Å². The standard InChI is InChI=1S/C11H15F3N4O/c1-19-7-3-2-6(4-7)16-9-5-8(15)17-10(18-9)11(12,13)14/h5-7H,2-4H2,1H3,(H3,15,16,17,18). The number of hydrogen-bond acceptors (Lipinski definition) is 5. The van der Waals surface area contributed by atoms with Gasteiger partial charge in [0.15, 0.2) is 0 Å². The zero-order valence-corrected chi connectivity index (χ0v) is 10.4. The topological polar surface area (TPSA) is 73.1 Å². The number of anilines is 2. The highest BCUT2D eigenvalue weighted by Crippen LogP contribution is 2.29. The summed E-state index contributed by atoms with van der Waals surface area (Å²) in [6, 6.07) is 1.34. The number of nitrogen functional groups attached to an aromatic ring is 1. The van der Waals surface area contributed by atoms with Gasteiger partial charge in [-0.25, -0.2) is 9.97 Å². The lowest BCUT2D eigenvalue weighted by atomic mass is 10.2. The van der Waals surface area contributed by atoms with E-state index in [-0.39, 0.29) is 23.8 Å². The summed E-state index contributed by atoms with van der Waals surface area (Å²) in [4.78, 5) is 6.64. The maximum Gasteiger partial charge on any atom is 0.451 e. The van der Waals surface area contributed by atoms with E-state index in [9.17, 15) is 13.2 Å². The molecule has 8 heteroatoms. The van der Waals surface area contributed by atoms with Gasteiger partial charge in [-0.05, 0) is 19.3 Å². The fourth-order valence-electron chi connectivity index (χ4n) is 2.16. The number of rotatable bonds is 3. The summed E-state index contributed by atoms with van der Waals surface area (Å²) in [7, 11) is 1.62. The molecule has 2 unspecified atom stereocenters. The first kappa shape index (κ1) is 13.9. The second kappa shape index (κ2) is 5.20. The van der Waals surface area contributed by atoms with Crippen LogP contribution in [0, 0.1) is 0 Å². The molecule has 19 heavy (non-hydrogen) atoms. The molecule has 0 radical (unpaired) electrons. The van der Waals surface area contributed by atoms with E-state index in [0.717, 1.165) is 19.3 Å². The number of alkyl halides is 3. The Labute approximate surface area is 108 Å². The molecule has 0 aliphatic heterocycles. The van der Waals surface area contributed by atoms with Gasteiger partial charge in [-0.2, -0.15) is 13.2 Å². The van der Waals surface area contributed by atoms with E-state index in [1.807, 2.05) is 0 Å². The molecule has 3 N–H and O–H groups in total. The van der Waals surface area contributed by atoms with Crippen LogP contribution >= 0.6 is 0 Å². The summed E-state index contributed by atoms with van der Waals surface area (Å²) in [5.74, 6) is -1.33. The van der Waals surface area contributed by atoms with Crippen molar-refractivity contribution in [1.29, 1.82) is 0 Å². The highest BCUT2D eigenvalue weighted by Gasteiger charge is 2.35. The SMILES string of the molecule is COC1CCC(Nc2cc(N)nc(C(F)(F)F)n2)C1. The van der Waals surface area contributed by atoms with Crippen LogP contribution in [0.2, 0.25) is 0 Å². The number of halogens is 3. The normalized spacial score (nSPS) is 23.6. The molecule has 0 bridgehead atoms. The van der Waals surface area contributed by atoms with Crippen LogP contribution < -0.4 is 11.1 Å². The number of aromatic nitrogens is 2. The van der Waals surface area contributed by atoms with Crippen LogP contribution in [-0.2, 0) is 10.9 Å². The smallest absolute Gasteiger partial charge is 0.384 e. The summed E-state index contributed by atoms with van der Waals surface area (Å²) >= 11 is 0. The lowest BCUT2D eigenvalue weighted by Crippen LogP contribution is -2.20. The van der Waals surface area contributed by atoms with Gasteiger partial charge in [-0.15, -0.1) is 0 Å². The van der Waals surface area contributed by atoms with Crippen LogP contribution in [0.15, 0.2) is 6.07 Å². The maximum atomic E-state index is 12.5. The molecule has 1 saturated carbocycles. The Morgan fingerprint density at radius 2 is 2.11 bits per heavy atom. The van der Waals surface area contributed by atoms with Gasteiger partial charge in [0.05, 0.1) is 6.10 Å². The Hall–Kier alpha value is -1.57. The second-order valence-electron chi connectivity index (χ2n) is 4.51. The van der Waals surface area contributed by atoms with E-state index >= 15 is 0 Å². The van der Waals surface area contributed by atoms with Crippen LogP contribution in [0.3, 0.4) is 0 Å². The summed E-state index contributed by atoms with van der Waals surface area (Å²) in [6.45, 7) is 0.